The van der Waals surface area contributed by atoms with Crippen molar-refractivity contribution in [3.8, 4) is 0 Å². The molecule has 0 nitrogen and oxygen atoms in total. The molecule has 0 aliphatic heterocycles. The van der Waals surface area contributed by atoms with Crippen LogP contribution in [0, 0.1) is 6.92 Å². The zero-order valence-corrected chi connectivity index (χ0v) is 12.6. The van der Waals surface area contributed by atoms with E-state index in [-0.39, 0.29) is 24.8 Å². The van der Waals surface area contributed by atoms with Gasteiger partial charge in [0.2, 0.25) is 0 Å². The third-order valence-corrected chi connectivity index (χ3v) is 3.42. The Labute approximate surface area is 119 Å². The minimum Gasteiger partial charge on any atom is -0.147 e. The van der Waals surface area contributed by atoms with Crippen molar-refractivity contribution in [1.29, 1.82) is 0 Å². The molecule has 0 heterocycles. The average Bonchev–Trinajstić information content (AvgIpc) is 2.51. The predicted octanol–water partition coefficient (Wildman–Crippen LogP) is 4.06. The van der Waals surface area contributed by atoms with Gasteiger partial charge in [-0.3, -0.25) is 0 Å². The Kier molecular flexibility index (Phi) is 6.76. The van der Waals surface area contributed by atoms with Gasteiger partial charge in [-0.2, -0.15) is 0 Å². The SMILES string of the molecule is Cc1cccc(C2=[C]([Zr])CC=C2)c1.Cl.Cl. The van der Waals surface area contributed by atoms with Crippen molar-refractivity contribution in [2.45, 2.75) is 13.3 Å². The first-order valence-electron chi connectivity index (χ1n) is 4.46. The summed E-state index contributed by atoms with van der Waals surface area (Å²) in [6.07, 6.45) is 5.65. The van der Waals surface area contributed by atoms with Gasteiger partial charge in [0.1, 0.15) is 0 Å². The molecule has 0 aromatic heterocycles. The Balaban J connectivity index is 0.000000980. The van der Waals surface area contributed by atoms with Crippen LogP contribution in [0.4, 0.5) is 0 Å². The minimum absolute atomic E-state index is 0. The zero-order valence-electron chi connectivity index (χ0n) is 8.49. The summed E-state index contributed by atoms with van der Waals surface area (Å²) in [6, 6.07) is 8.73. The number of aryl methyl sites for hydroxylation is 1. The van der Waals surface area contributed by atoms with E-state index in [1.807, 2.05) is 0 Å². The fourth-order valence-corrected chi connectivity index (χ4v) is 2.44. The van der Waals surface area contributed by atoms with Crippen LogP contribution >= 0.6 is 24.8 Å². The number of hydrogen-bond acceptors (Lipinski definition) is 0. The van der Waals surface area contributed by atoms with Gasteiger partial charge in [0.15, 0.2) is 0 Å². The van der Waals surface area contributed by atoms with Gasteiger partial charge in [-0.25, -0.2) is 0 Å². The molecule has 1 aliphatic carbocycles. The number of hydrogen-bond donors (Lipinski definition) is 0. The van der Waals surface area contributed by atoms with Gasteiger partial charge in [0, 0.05) is 0 Å². The number of allylic oxidation sites excluding steroid dienone is 4. The van der Waals surface area contributed by atoms with Gasteiger partial charge in [0.25, 0.3) is 0 Å². The summed E-state index contributed by atoms with van der Waals surface area (Å²) in [4.78, 5) is 0. The van der Waals surface area contributed by atoms with Crippen LogP contribution < -0.4 is 0 Å². The molecule has 0 atom stereocenters. The standard InChI is InChI=1S/C12H11.2ClH.Zr/c1-10-5-4-8-12(9-10)11-6-2-3-7-11;;;/h2,4-6,8-9H,3H2,1H3;2*1H;. The van der Waals surface area contributed by atoms with Crippen LogP contribution in [0.3, 0.4) is 0 Å². The van der Waals surface area contributed by atoms with E-state index < -0.39 is 0 Å². The molecule has 2 rings (SSSR count). The van der Waals surface area contributed by atoms with Crippen molar-refractivity contribution in [1.82, 2.24) is 0 Å². The van der Waals surface area contributed by atoms with Crippen molar-refractivity contribution in [2.24, 2.45) is 0 Å². The van der Waals surface area contributed by atoms with E-state index in [0.29, 0.717) is 0 Å². The molecule has 0 N–H and O–H groups in total. The second-order valence-corrected chi connectivity index (χ2v) is 4.85. The van der Waals surface area contributed by atoms with E-state index in [1.54, 1.807) is 28.0 Å². The summed E-state index contributed by atoms with van der Waals surface area (Å²) in [5.74, 6) is 0. The number of benzene rings is 1. The number of halogens is 2. The van der Waals surface area contributed by atoms with Crippen LogP contribution in [-0.2, 0) is 24.7 Å². The molecule has 0 saturated heterocycles. The van der Waals surface area contributed by atoms with Crippen LogP contribution in [0.1, 0.15) is 17.5 Å². The fraction of sp³-hybridized carbons (Fsp3) is 0.167. The molecule has 3 heteroatoms. The summed E-state index contributed by atoms with van der Waals surface area (Å²) in [6.45, 7) is 2.14. The monoisotopic (exact) mass is 317 g/mol. The maximum atomic E-state index is 2.26. The first-order valence-corrected chi connectivity index (χ1v) is 5.68. The van der Waals surface area contributed by atoms with Gasteiger partial charge in [-0.15, -0.1) is 24.8 Å². The largest absolute Gasteiger partial charge is 0.147 e. The third-order valence-electron chi connectivity index (χ3n) is 2.26. The molecule has 0 bridgehead atoms. The van der Waals surface area contributed by atoms with Crippen molar-refractivity contribution in [3.05, 3.63) is 50.8 Å². The van der Waals surface area contributed by atoms with Crippen LogP contribution in [0.2, 0.25) is 0 Å². The van der Waals surface area contributed by atoms with Gasteiger partial charge >= 0.3 is 94.5 Å². The second-order valence-electron chi connectivity index (χ2n) is 3.37. The average molecular weight is 319 g/mol. The molecular weight excluding hydrogens is 306 g/mol. The van der Waals surface area contributed by atoms with E-state index in [1.165, 1.54) is 16.7 Å². The Morgan fingerprint density at radius 3 is 2.47 bits per heavy atom. The maximum Gasteiger partial charge on any atom is -0.147 e. The van der Waals surface area contributed by atoms with Crippen LogP contribution in [0.25, 0.3) is 5.57 Å². The van der Waals surface area contributed by atoms with Crippen LogP contribution in [-0.4, -0.2) is 0 Å². The van der Waals surface area contributed by atoms with E-state index >= 15 is 0 Å². The summed E-state index contributed by atoms with van der Waals surface area (Å²) in [7, 11) is 0. The molecular formula is C12H13Cl2Zr. The van der Waals surface area contributed by atoms with Crippen LogP contribution in [0.15, 0.2) is 39.7 Å². The Morgan fingerprint density at radius 1 is 1.20 bits per heavy atom. The fourth-order valence-electron chi connectivity index (χ4n) is 1.59. The van der Waals surface area contributed by atoms with Crippen molar-refractivity contribution >= 4 is 30.4 Å². The summed E-state index contributed by atoms with van der Waals surface area (Å²) < 4.78 is 1.57. The second kappa shape index (κ2) is 6.68. The molecule has 1 aliphatic rings. The maximum absolute atomic E-state index is 2.26. The third kappa shape index (κ3) is 3.59. The van der Waals surface area contributed by atoms with Gasteiger partial charge in [-0.05, 0) is 0 Å². The first-order chi connectivity index (χ1) is 6.27. The van der Waals surface area contributed by atoms with Gasteiger partial charge in [-0.1, -0.05) is 0 Å². The predicted molar refractivity (Wildman–Crippen MR) is 66.4 cm³/mol. The Bertz CT molecular complexity index is 394. The van der Waals surface area contributed by atoms with Crippen molar-refractivity contribution in [2.75, 3.05) is 0 Å². The van der Waals surface area contributed by atoms with Crippen molar-refractivity contribution < 1.29 is 24.7 Å². The van der Waals surface area contributed by atoms with E-state index in [0.717, 1.165) is 6.42 Å². The number of rotatable bonds is 1. The molecule has 15 heavy (non-hydrogen) atoms. The van der Waals surface area contributed by atoms with E-state index in [2.05, 4.69) is 43.3 Å². The van der Waals surface area contributed by atoms with Crippen LogP contribution in [0.5, 0.6) is 0 Å². The topological polar surface area (TPSA) is 0 Å². The molecule has 0 fully saturated rings. The molecule has 79 valence electrons. The smallest absolute Gasteiger partial charge is 0.147 e. The molecule has 1 aromatic rings. The summed E-state index contributed by atoms with van der Waals surface area (Å²) in [5, 5.41) is 0. The molecule has 0 radical (unpaired) electrons. The molecule has 0 amide bonds. The normalized spacial score (nSPS) is 13.3. The summed E-state index contributed by atoms with van der Waals surface area (Å²) in [5.41, 5.74) is 4.16. The quantitative estimate of drug-likeness (QED) is 0.732. The van der Waals surface area contributed by atoms with Crippen molar-refractivity contribution in [3.63, 3.8) is 0 Å². The van der Waals surface area contributed by atoms with E-state index in [9.17, 15) is 0 Å². The molecule has 0 saturated carbocycles. The zero-order chi connectivity index (χ0) is 9.26. The molecule has 0 unspecified atom stereocenters. The Hall–Kier alpha value is 0.163. The minimum atomic E-state index is 0. The van der Waals surface area contributed by atoms with Gasteiger partial charge in [0.05, 0.1) is 0 Å². The Morgan fingerprint density at radius 2 is 1.93 bits per heavy atom. The first kappa shape index (κ1) is 15.2. The summed E-state index contributed by atoms with van der Waals surface area (Å²) >= 11 is 1.55. The van der Waals surface area contributed by atoms with E-state index in [4.69, 9.17) is 0 Å². The van der Waals surface area contributed by atoms with Gasteiger partial charge < -0.3 is 0 Å². The molecule has 0 spiro atoms. The molecule has 1 aromatic carbocycles.